The molecular formula is C14H24BNO4. The number of rotatable bonds is 2. The lowest BCUT2D eigenvalue weighted by Crippen LogP contribution is -2.42. The zero-order valence-corrected chi connectivity index (χ0v) is 13.0. The van der Waals surface area contributed by atoms with Crippen molar-refractivity contribution in [1.82, 2.24) is 4.90 Å². The Morgan fingerprint density at radius 2 is 1.90 bits per heavy atom. The molecule has 0 spiro atoms. The van der Waals surface area contributed by atoms with Crippen LogP contribution in [0.1, 0.15) is 41.0 Å². The maximum atomic E-state index is 11.7. The highest BCUT2D eigenvalue weighted by atomic mass is 16.7. The van der Waals surface area contributed by atoms with Crippen molar-refractivity contribution in [1.29, 1.82) is 0 Å². The molecule has 0 unspecified atom stereocenters. The third-order valence-corrected chi connectivity index (χ3v) is 4.47. The van der Waals surface area contributed by atoms with Crippen LogP contribution in [-0.2, 0) is 14.1 Å². The molecule has 2 heterocycles. The van der Waals surface area contributed by atoms with Crippen molar-refractivity contribution < 1.29 is 19.2 Å². The predicted octanol–water partition coefficient (Wildman–Crippen LogP) is 1.16. The van der Waals surface area contributed by atoms with Gasteiger partial charge in [0.2, 0.25) is 0 Å². The first-order valence-corrected chi connectivity index (χ1v) is 7.15. The smallest absolute Gasteiger partial charge is 0.400 e. The van der Waals surface area contributed by atoms with Gasteiger partial charge in [-0.3, -0.25) is 4.79 Å². The number of hydrogen-bond acceptors (Lipinski definition) is 4. The van der Waals surface area contributed by atoms with Gasteiger partial charge in [0.05, 0.1) is 11.2 Å². The average molecular weight is 281 g/mol. The van der Waals surface area contributed by atoms with Crippen LogP contribution in [0.15, 0.2) is 11.5 Å². The van der Waals surface area contributed by atoms with Crippen molar-refractivity contribution >= 4 is 13.0 Å². The Balaban J connectivity index is 2.02. The highest BCUT2D eigenvalue weighted by Gasteiger charge is 2.52. The molecular weight excluding hydrogens is 257 g/mol. The Morgan fingerprint density at radius 1 is 1.35 bits per heavy atom. The van der Waals surface area contributed by atoms with Crippen molar-refractivity contribution in [3.8, 4) is 0 Å². The van der Waals surface area contributed by atoms with E-state index in [1.165, 1.54) is 6.92 Å². The van der Waals surface area contributed by atoms with Gasteiger partial charge in [-0.1, -0.05) is 6.08 Å². The van der Waals surface area contributed by atoms with E-state index in [1.807, 2.05) is 33.8 Å². The molecule has 20 heavy (non-hydrogen) atoms. The number of carbonyl (C=O) groups is 1. The van der Waals surface area contributed by atoms with E-state index in [-0.39, 0.29) is 24.2 Å². The Hall–Kier alpha value is -0.845. The highest BCUT2D eigenvalue weighted by molar-refractivity contribution is 6.54. The second kappa shape index (κ2) is 5.17. The van der Waals surface area contributed by atoms with Gasteiger partial charge in [-0.2, -0.15) is 0 Å². The van der Waals surface area contributed by atoms with Crippen LogP contribution < -0.4 is 0 Å². The minimum Gasteiger partial charge on any atom is -0.400 e. The molecule has 2 aliphatic rings. The average Bonchev–Trinajstić information content (AvgIpc) is 2.57. The minimum atomic E-state index is -0.943. The van der Waals surface area contributed by atoms with Gasteiger partial charge in [0.25, 0.3) is 5.91 Å². The van der Waals surface area contributed by atoms with Gasteiger partial charge in [-0.15, -0.1) is 0 Å². The van der Waals surface area contributed by atoms with E-state index >= 15 is 0 Å². The van der Waals surface area contributed by atoms with Gasteiger partial charge >= 0.3 is 7.12 Å². The fraction of sp³-hybridized carbons (Fsp3) is 0.786. The highest BCUT2D eigenvalue weighted by Crippen LogP contribution is 2.39. The lowest BCUT2D eigenvalue weighted by atomic mass is 9.74. The predicted molar refractivity (Wildman–Crippen MR) is 77.0 cm³/mol. The van der Waals surface area contributed by atoms with Crippen LogP contribution in [0.2, 0.25) is 0 Å². The molecule has 0 radical (unpaired) electrons. The summed E-state index contributed by atoms with van der Waals surface area (Å²) in [5, 5.41) is 9.33. The van der Waals surface area contributed by atoms with Crippen molar-refractivity contribution in [3.05, 3.63) is 11.5 Å². The summed E-state index contributed by atoms with van der Waals surface area (Å²) in [4.78, 5) is 13.4. The van der Waals surface area contributed by atoms with Gasteiger partial charge in [-0.25, -0.2) is 0 Å². The van der Waals surface area contributed by atoms with Gasteiger partial charge in [-0.05, 0) is 46.5 Å². The maximum absolute atomic E-state index is 11.7. The summed E-state index contributed by atoms with van der Waals surface area (Å²) in [6, 6.07) is 0. The van der Waals surface area contributed by atoms with Crippen LogP contribution >= 0.6 is 0 Å². The van der Waals surface area contributed by atoms with Crippen LogP contribution in [0.4, 0.5) is 0 Å². The van der Waals surface area contributed by atoms with E-state index in [0.29, 0.717) is 13.1 Å². The van der Waals surface area contributed by atoms with Crippen LogP contribution in [0.5, 0.6) is 0 Å². The molecule has 0 bridgehead atoms. The molecule has 5 nitrogen and oxygen atoms in total. The molecule has 1 fully saturated rings. The number of aliphatic hydroxyl groups is 1. The summed E-state index contributed by atoms with van der Waals surface area (Å²) < 4.78 is 12.0. The molecule has 0 aromatic carbocycles. The number of amides is 1. The maximum Gasteiger partial charge on any atom is 0.490 e. The van der Waals surface area contributed by atoms with Gasteiger partial charge in [0.1, 0.15) is 6.10 Å². The fourth-order valence-corrected chi connectivity index (χ4v) is 2.36. The summed E-state index contributed by atoms with van der Waals surface area (Å²) in [5.74, 6) is -0.228. The molecule has 1 amide bonds. The lowest BCUT2D eigenvalue weighted by molar-refractivity contribution is -0.138. The van der Waals surface area contributed by atoms with Crippen molar-refractivity contribution in [3.63, 3.8) is 0 Å². The van der Waals surface area contributed by atoms with E-state index in [2.05, 4.69) is 0 Å². The number of carbonyl (C=O) groups excluding carboxylic acids is 1. The first kappa shape index (κ1) is 15.5. The molecule has 6 heteroatoms. The van der Waals surface area contributed by atoms with Crippen molar-refractivity contribution in [2.24, 2.45) is 0 Å². The first-order valence-electron chi connectivity index (χ1n) is 7.15. The third-order valence-electron chi connectivity index (χ3n) is 4.47. The van der Waals surface area contributed by atoms with E-state index in [9.17, 15) is 9.90 Å². The Morgan fingerprint density at radius 3 is 2.30 bits per heavy atom. The number of aliphatic hydroxyl groups excluding tert-OH is 1. The monoisotopic (exact) mass is 281 g/mol. The second-order valence-electron chi connectivity index (χ2n) is 6.58. The van der Waals surface area contributed by atoms with E-state index in [0.717, 1.165) is 11.9 Å². The van der Waals surface area contributed by atoms with E-state index in [1.54, 1.807) is 4.90 Å². The first-order chi connectivity index (χ1) is 9.14. The minimum absolute atomic E-state index is 0.228. The number of nitrogens with zero attached hydrogens (tertiary/aromatic N) is 1. The zero-order valence-electron chi connectivity index (χ0n) is 13.0. The number of hydrogen-bond donors (Lipinski definition) is 1. The molecule has 0 aromatic heterocycles. The van der Waals surface area contributed by atoms with Crippen LogP contribution in [0, 0.1) is 0 Å². The van der Waals surface area contributed by atoms with Crippen LogP contribution in [0.25, 0.3) is 0 Å². The topological polar surface area (TPSA) is 59.0 Å². The molecule has 2 aliphatic heterocycles. The molecule has 1 atom stereocenters. The largest absolute Gasteiger partial charge is 0.490 e. The van der Waals surface area contributed by atoms with Gasteiger partial charge in [0.15, 0.2) is 0 Å². The van der Waals surface area contributed by atoms with Gasteiger partial charge in [0, 0.05) is 13.1 Å². The van der Waals surface area contributed by atoms with Crippen LogP contribution in [0.3, 0.4) is 0 Å². The summed E-state index contributed by atoms with van der Waals surface area (Å²) in [6.45, 7) is 10.7. The molecule has 112 valence electrons. The SMILES string of the molecule is C[C@H](O)C(=O)N1CC=C(B2OC(C)(C)C(C)(C)O2)CC1. The molecule has 0 aromatic rings. The Kier molecular flexibility index (Phi) is 4.02. The Bertz CT molecular complexity index is 415. The van der Waals surface area contributed by atoms with Crippen molar-refractivity contribution in [2.45, 2.75) is 58.3 Å². The summed E-state index contributed by atoms with van der Waals surface area (Å²) >= 11 is 0. The molecule has 0 saturated carbocycles. The molecule has 0 aliphatic carbocycles. The molecule has 1 saturated heterocycles. The third kappa shape index (κ3) is 2.78. The summed E-state index contributed by atoms with van der Waals surface area (Å²) in [7, 11) is -0.330. The summed E-state index contributed by atoms with van der Waals surface area (Å²) in [6.07, 6.45) is 1.75. The molecule has 2 rings (SSSR count). The van der Waals surface area contributed by atoms with Crippen molar-refractivity contribution in [2.75, 3.05) is 13.1 Å². The summed E-state index contributed by atoms with van der Waals surface area (Å²) in [5.41, 5.74) is 0.397. The van der Waals surface area contributed by atoms with Crippen LogP contribution in [-0.4, -0.2) is 53.4 Å². The Labute approximate surface area is 121 Å². The molecule has 1 N–H and O–H groups in total. The quantitative estimate of drug-likeness (QED) is 0.772. The van der Waals surface area contributed by atoms with E-state index < -0.39 is 6.10 Å². The van der Waals surface area contributed by atoms with Gasteiger partial charge < -0.3 is 19.3 Å². The normalized spacial score (nSPS) is 26.4. The fourth-order valence-electron chi connectivity index (χ4n) is 2.36. The van der Waals surface area contributed by atoms with E-state index in [4.69, 9.17) is 9.31 Å². The second-order valence-corrected chi connectivity index (χ2v) is 6.58. The lowest BCUT2D eigenvalue weighted by Gasteiger charge is -2.32. The zero-order chi connectivity index (χ0) is 15.1. The standard InChI is InChI=1S/C14H24BNO4/c1-10(17)12(18)16-8-6-11(7-9-16)15-19-13(2,3)14(4,5)20-15/h6,10,17H,7-9H2,1-5H3/t10-/m0/s1.